The van der Waals surface area contributed by atoms with Crippen molar-refractivity contribution in [2.24, 2.45) is 0 Å². The highest BCUT2D eigenvalue weighted by Crippen LogP contribution is 2.26. The molecule has 0 bridgehead atoms. The van der Waals surface area contributed by atoms with Gasteiger partial charge < -0.3 is 14.2 Å². The smallest absolute Gasteiger partial charge is 0.259 e. The molecule has 2 amide bonds. The van der Waals surface area contributed by atoms with Crippen LogP contribution in [-0.4, -0.2) is 61.8 Å². The standard InChI is InChI=1S/C28H26N2O6/c1-34-22-10-4-19(5-11-22)25(31)18-26-29(27(32)20-6-12-23(35-2)13-7-20)16-17-30(26)28(33)21-8-14-24(36-3)15-9-21/h4-15,18H,16-17H2,1-3H3. The first-order valence-corrected chi connectivity index (χ1v) is 11.3. The van der Waals surface area contributed by atoms with Crippen molar-refractivity contribution in [3.63, 3.8) is 0 Å². The van der Waals surface area contributed by atoms with E-state index in [-0.39, 0.29) is 36.5 Å². The average Bonchev–Trinajstić information content (AvgIpc) is 3.35. The zero-order valence-electron chi connectivity index (χ0n) is 20.3. The molecule has 0 saturated carbocycles. The predicted molar refractivity (Wildman–Crippen MR) is 133 cm³/mol. The van der Waals surface area contributed by atoms with Gasteiger partial charge in [0.2, 0.25) is 0 Å². The number of nitrogens with zero attached hydrogens (tertiary/aromatic N) is 2. The topological polar surface area (TPSA) is 85.4 Å². The SMILES string of the molecule is COc1ccc(C(=O)C=C2N(C(=O)c3ccc(OC)cc3)CCN2C(=O)c2ccc(OC)cc2)cc1. The fourth-order valence-corrected chi connectivity index (χ4v) is 3.88. The Bertz CT molecular complexity index is 1210. The number of carbonyl (C=O) groups excluding carboxylic acids is 3. The number of carbonyl (C=O) groups is 3. The summed E-state index contributed by atoms with van der Waals surface area (Å²) in [5.41, 5.74) is 1.23. The second kappa shape index (κ2) is 10.8. The van der Waals surface area contributed by atoms with E-state index in [2.05, 4.69) is 0 Å². The Balaban J connectivity index is 1.69. The molecule has 0 aromatic heterocycles. The molecule has 0 N–H and O–H groups in total. The van der Waals surface area contributed by atoms with Gasteiger partial charge in [0, 0.05) is 35.9 Å². The summed E-state index contributed by atoms with van der Waals surface area (Å²) in [4.78, 5) is 42.9. The first-order chi connectivity index (χ1) is 17.4. The van der Waals surface area contributed by atoms with E-state index in [1.54, 1.807) is 94.1 Å². The zero-order valence-corrected chi connectivity index (χ0v) is 20.3. The van der Waals surface area contributed by atoms with Crippen LogP contribution in [0.3, 0.4) is 0 Å². The van der Waals surface area contributed by atoms with Crippen LogP contribution in [-0.2, 0) is 0 Å². The highest BCUT2D eigenvalue weighted by molar-refractivity contribution is 6.07. The largest absolute Gasteiger partial charge is 0.497 e. The van der Waals surface area contributed by atoms with E-state index in [9.17, 15) is 14.4 Å². The van der Waals surface area contributed by atoms with Gasteiger partial charge in [0.1, 0.15) is 23.1 Å². The van der Waals surface area contributed by atoms with Crippen LogP contribution in [0.1, 0.15) is 31.1 Å². The highest BCUT2D eigenvalue weighted by Gasteiger charge is 2.35. The molecule has 0 atom stereocenters. The van der Waals surface area contributed by atoms with Gasteiger partial charge in [-0.15, -0.1) is 0 Å². The molecule has 0 spiro atoms. The molecule has 3 aromatic carbocycles. The summed E-state index contributed by atoms with van der Waals surface area (Å²) in [5.74, 6) is 1.09. The van der Waals surface area contributed by atoms with Gasteiger partial charge in [0.25, 0.3) is 11.8 Å². The fourth-order valence-electron chi connectivity index (χ4n) is 3.88. The Hall–Kier alpha value is -4.59. The maximum Gasteiger partial charge on any atom is 0.259 e. The average molecular weight is 487 g/mol. The van der Waals surface area contributed by atoms with E-state index in [1.807, 2.05) is 0 Å². The van der Waals surface area contributed by atoms with Crippen molar-refractivity contribution in [1.82, 2.24) is 9.80 Å². The molecule has 36 heavy (non-hydrogen) atoms. The molecule has 1 fully saturated rings. The molecule has 8 nitrogen and oxygen atoms in total. The second-order valence-corrected chi connectivity index (χ2v) is 7.97. The summed E-state index contributed by atoms with van der Waals surface area (Å²) in [6, 6.07) is 20.0. The van der Waals surface area contributed by atoms with Crippen molar-refractivity contribution < 1.29 is 28.6 Å². The highest BCUT2D eigenvalue weighted by atomic mass is 16.5. The Kier molecular flexibility index (Phi) is 7.34. The normalized spacial score (nSPS) is 12.8. The summed E-state index contributed by atoms with van der Waals surface area (Å²) in [5, 5.41) is 0. The van der Waals surface area contributed by atoms with Crippen LogP contribution in [0.15, 0.2) is 84.7 Å². The lowest BCUT2D eigenvalue weighted by atomic mass is 10.1. The van der Waals surface area contributed by atoms with Crippen LogP contribution in [0, 0.1) is 0 Å². The number of ether oxygens (including phenoxy) is 3. The van der Waals surface area contributed by atoms with E-state index in [1.165, 1.54) is 15.9 Å². The number of ketones is 1. The first-order valence-electron chi connectivity index (χ1n) is 11.3. The molecule has 0 aliphatic carbocycles. The van der Waals surface area contributed by atoms with E-state index < -0.39 is 0 Å². The lowest BCUT2D eigenvalue weighted by Crippen LogP contribution is -2.32. The molecule has 0 radical (unpaired) electrons. The van der Waals surface area contributed by atoms with Gasteiger partial charge in [-0.1, -0.05) is 0 Å². The Morgan fingerprint density at radius 1 is 0.583 bits per heavy atom. The number of hydrogen-bond acceptors (Lipinski definition) is 6. The molecule has 0 unspecified atom stereocenters. The van der Waals surface area contributed by atoms with Crippen molar-refractivity contribution >= 4 is 17.6 Å². The monoisotopic (exact) mass is 486 g/mol. The van der Waals surface area contributed by atoms with Gasteiger partial charge in [0.15, 0.2) is 5.78 Å². The maximum absolute atomic E-state index is 13.4. The Labute approximate surface area is 209 Å². The van der Waals surface area contributed by atoms with E-state index >= 15 is 0 Å². The quantitative estimate of drug-likeness (QED) is 0.370. The van der Waals surface area contributed by atoms with Gasteiger partial charge in [-0.25, -0.2) is 0 Å². The van der Waals surface area contributed by atoms with Gasteiger partial charge in [-0.2, -0.15) is 0 Å². The van der Waals surface area contributed by atoms with Crippen LogP contribution >= 0.6 is 0 Å². The maximum atomic E-state index is 13.4. The van der Waals surface area contributed by atoms with Crippen LogP contribution in [0.25, 0.3) is 0 Å². The van der Waals surface area contributed by atoms with Crippen molar-refractivity contribution in [1.29, 1.82) is 0 Å². The number of rotatable bonds is 7. The van der Waals surface area contributed by atoms with Crippen molar-refractivity contribution in [2.75, 3.05) is 34.4 Å². The molecule has 3 aromatic rings. The molecule has 1 aliphatic heterocycles. The number of hydrogen-bond donors (Lipinski definition) is 0. The summed E-state index contributed by atoms with van der Waals surface area (Å²) < 4.78 is 15.5. The molecule has 1 saturated heterocycles. The minimum Gasteiger partial charge on any atom is -0.497 e. The van der Waals surface area contributed by atoms with E-state index in [0.717, 1.165) is 0 Å². The molecular formula is C28H26N2O6. The van der Waals surface area contributed by atoms with Crippen LogP contribution in [0.4, 0.5) is 0 Å². The number of benzene rings is 3. The fraction of sp³-hybridized carbons (Fsp3) is 0.179. The van der Waals surface area contributed by atoms with Crippen molar-refractivity contribution in [3.8, 4) is 17.2 Å². The minimum absolute atomic E-state index is 0.220. The molecular weight excluding hydrogens is 460 g/mol. The Morgan fingerprint density at radius 3 is 1.25 bits per heavy atom. The third-order valence-corrected chi connectivity index (χ3v) is 5.90. The number of amides is 2. The van der Waals surface area contributed by atoms with Crippen molar-refractivity contribution in [2.45, 2.75) is 0 Å². The number of allylic oxidation sites excluding steroid dienone is 1. The van der Waals surface area contributed by atoms with E-state index in [4.69, 9.17) is 14.2 Å². The predicted octanol–water partition coefficient (Wildman–Crippen LogP) is 4.03. The molecule has 1 aliphatic rings. The zero-order chi connectivity index (χ0) is 25.7. The van der Waals surface area contributed by atoms with Crippen LogP contribution < -0.4 is 14.2 Å². The third kappa shape index (κ3) is 5.07. The number of methoxy groups -OCH3 is 3. The van der Waals surface area contributed by atoms with Gasteiger partial charge >= 0.3 is 0 Å². The Morgan fingerprint density at radius 2 is 0.917 bits per heavy atom. The van der Waals surface area contributed by atoms with Crippen LogP contribution in [0.5, 0.6) is 17.2 Å². The molecule has 4 rings (SSSR count). The summed E-state index contributed by atoms with van der Waals surface area (Å²) in [7, 11) is 4.64. The van der Waals surface area contributed by atoms with E-state index in [0.29, 0.717) is 33.9 Å². The second-order valence-electron chi connectivity index (χ2n) is 7.97. The van der Waals surface area contributed by atoms with Gasteiger partial charge in [0.05, 0.1) is 21.3 Å². The minimum atomic E-state index is -0.338. The summed E-state index contributed by atoms with van der Waals surface area (Å²) in [6.45, 7) is 0.489. The molecule has 184 valence electrons. The van der Waals surface area contributed by atoms with Crippen LogP contribution in [0.2, 0.25) is 0 Å². The lowest BCUT2D eigenvalue weighted by Gasteiger charge is -2.23. The third-order valence-electron chi connectivity index (χ3n) is 5.90. The van der Waals surface area contributed by atoms with Gasteiger partial charge in [-0.3, -0.25) is 24.2 Å². The summed E-state index contributed by atoms with van der Waals surface area (Å²) >= 11 is 0. The van der Waals surface area contributed by atoms with Crippen molar-refractivity contribution in [3.05, 3.63) is 101 Å². The molecule has 1 heterocycles. The first kappa shape index (κ1) is 24.5. The van der Waals surface area contributed by atoms with Gasteiger partial charge in [-0.05, 0) is 72.8 Å². The lowest BCUT2D eigenvalue weighted by molar-refractivity contribution is 0.0780. The summed E-state index contributed by atoms with van der Waals surface area (Å²) in [6.07, 6.45) is 1.33. The molecule has 8 heteroatoms.